The van der Waals surface area contributed by atoms with E-state index in [9.17, 15) is 4.79 Å². The van der Waals surface area contributed by atoms with Crippen LogP contribution in [0, 0.1) is 0 Å². The Balaban J connectivity index is 2.24. The third kappa shape index (κ3) is 2.57. The number of alkyl halides is 2. The molecule has 0 aliphatic rings. The van der Waals surface area contributed by atoms with E-state index >= 15 is 0 Å². The first-order valence-electron chi connectivity index (χ1n) is 6.00. The van der Waals surface area contributed by atoms with E-state index in [0.29, 0.717) is 5.56 Å². The number of rotatable bonds is 2. The lowest BCUT2D eigenvalue weighted by Crippen LogP contribution is -2.06. The van der Waals surface area contributed by atoms with Crippen LogP contribution in [0.1, 0.15) is 10.4 Å². The fraction of sp³-hybridized carbons (Fsp3) is 0.0625. The molecule has 0 heterocycles. The molecule has 0 aromatic heterocycles. The van der Waals surface area contributed by atoms with Crippen LogP contribution in [0.25, 0.3) is 21.5 Å². The van der Waals surface area contributed by atoms with Gasteiger partial charge in [-0.15, -0.1) is 0 Å². The lowest BCUT2D eigenvalue weighted by molar-refractivity contribution is 0.101. The SMILES string of the molecule is O=C(c1ccc2c(ccc3cc(Br)ccc32)c1)C(Br)Br. The predicted molar refractivity (Wildman–Crippen MR) is 95.1 cm³/mol. The molecule has 3 aromatic carbocycles. The van der Waals surface area contributed by atoms with Gasteiger partial charge in [0.1, 0.15) is 3.74 Å². The molecule has 3 aromatic rings. The van der Waals surface area contributed by atoms with Crippen molar-refractivity contribution in [1.82, 2.24) is 0 Å². The average molecular weight is 457 g/mol. The predicted octanol–water partition coefficient (Wildman–Crippen LogP) is 6.05. The van der Waals surface area contributed by atoms with Gasteiger partial charge in [-0.3, -0.25) is 4.79 Å². The number of hydrogen-bond donors (Lipinski definition) is 0. The molecule has 100 valence electrons. The van der Waals surface area contributed by atoms with Crippen molar-refractivity contribution in [2.45, 2.75) is 3.74 Å². The van der Waals surface area contributed by atoms with Gasteiger partial charge in [-0.1, -0.05) is 78.1 Å². The van der Waals surface area contributed by atoms with E-state index in [1.54, 1.807) is 0 Å². The normalized spacial score (nSPS) is 11.4. The number of Topliss-reactive ketones (excluding diaryl/α,β-unsaturated/α-hetero) is 1. The monoisotopic (exact) mass is 454 g/mol. The van der Waals surface area contributed by atoms with Gasteiger partial charge in [0.2, 0.25) is 0 Å². The van der Waals surface area contributed by atoms with E-state index in [1.807, 2.05) is 24.3 Å². The molecule has 0 spiro atoms. The zero-order chi connectivity index (χ0) is 14.3. The molecular formula is C16H9Br3O. The highest BCUT2D eigenvalue weighted by molar-refractivity contribution is 9.25. The highest BCUT2D eigenvalue weighted by atomic mass is 79.9. The van der Waals surface area contributed by atoms with Gasteiger partial charge in [0, 0.05) is 10.0 Å². The van der Waals surface area contributed by atoms with E-state index in [0.717, 1.165) is 15.2 Å². The summed E-state index contributed by atoms with van der Waals surface area (Å²) in [6, 6.07) is 16.2. The Bertz CT molecular complexity index is 824. The van der Waals surface area contributed by atoms with Crippen LogP contribution in [0.15, 0.2) is 53.0 Å². The number of ketones is 1. The zero-order valence-corrected chi connectivity index (χ0v) is 15.0. The lowest BCUT2D eigenvalue weighted by Gasteiger charge is -2.07. The Morgan fingerprint density at radius 3 is 2.10 bits per heavy atom. The van der Waals surface area contributed by atoms with Gasteiger partial charge >= 0.3 is 0 Å². The third-order valence-electron chi connectivity index (χ3n) is 3.28. The van der Waals surface area contributed by atoms with Crippen molar-refractivity contribution in [3.05, 3.63) is 58.6 Å². The highest BCUT2D eigenvalue weighted by Gasteiger charge is 2.14. The molecule has 0 saturated carbocycles. The van der Waals surface area contributed by atoms with Crippen LogP contribution in [0.2, 0.25) is 0 Å². The van der Waals surface area contributed by atoms with Crippen LogP contribution in [-0.4, -0.2) is 9.52 Å². The molecule has 0 amide bonds. The highest BCUT2D eigenvalue weighted by Crippen LogP contribution is 2.29. The molecule has 0 radical (unpaired) electrons. The molecule has 0 saturated heterocycles. The Morgan fingerprint density at radius 1 is 0.850 bits per heavy atom. The van der Waals surface area contributed by atoms with Crippen molar-refractivity contribution in [3.63, 3.8) is 0 Å². The van der Waals surface area contributed by atoms with Crippen molar-refractivity contribution >= 4 is 75.1 Å². The van der Waals surface area contributed by atoms with Gasteiger partial charge in [-0.05, 0) is 39.7 Å². The summed E-state index contributed by atoms with van der Waals surface area (Å²) in [4.78, 5) is 12.0. The molecule has 0 aliphatic heterocycles. The minimum absolute atomic E-state index is 0.0304. The van der Waals surface area contributed by atoms with Crippen molar-refractivity contribution in [1.29, 1.82) is 0 Å². The molecule has 0 atom stereocenters. The summed E-state index contributed by atoms with van der Waals surface area (Å²) in [5.74, 6) is 0.0304. The molecule has 0 fully saturated rings. The van der Waals surface area contributed by atoms with E-state index in [-0.39, 0.29) is 9.52 Å². The van der Waals surface area contributed by atoms with Gasteiger partial charge in [0.05, 0.1) is 0 Å². The Morgan fingerprint density at radius 2 is 1.45 bits per heavy atom. The molecule has 20 heavy (non-hydrogen) atoms. The maximum atomic E-state index is 12.0. The minimum atomic E-state index is -0.344. The van der Waals surface area contributed by atoms with E-state index in [2.05, 4.69) is 72.1 Å². The van der Waals surface area contributed by atoms with Crippen LogP contribution >= 0.6 is 47.8 Å². The molecule has 1 nitrogen and oxygen atoms in total. The van der Waals surface area contributed by atoms with Gasteiger partial charge in [-0.25, -0.2) is 0 Å². The van der Waals surface area contributed by atoms with Crippen molar-refractivity contribution < 1.29 is 4.79 Å². The van der Waals surface area contributed by atoms with E-state index < -0.39 is 0 Å². The van der Waals surface area contributed by atoms with Crippen LogP contribution in [-0.2, 0) is 0 Å². The molecule has 0 unspecified atom stereocenters. The van der Waals surface area contributed by atoms with Crippen molar-refractivity contribution in [2.75, 3.05) is 0 Å². The summed E-state index contributed by atoms with van der Waals surface area (Å²) in [7, 11) is 0. The Kier molecular flexibility index (Phi) is 3.98. The number of fused-ring (bicyclic) bond motifs is 3. The first-order valence-corrected chi connectivity index (χ1v) is 8.63. The van der Waals surface area contributed by atoms with Gasteiger partial charge in [-0.2, -0.15) is 0 Å². The maximum absolute atomic E-state index is 12.0. The van der Waals surface area contributed by atoms with Crippen LogP contribution in [0.3, 0.4) is 0 Å². The molecule has 0 bridgehead atoms. The van der Waals surface area contributed by atoms with Gasteiger partial charge in [0.25, 0.3) is 0 Å². The van der Waals surface area contributed by atoms with Crippen LogP contribution < -0.4 is 0 Å². The lowest BCUT2D eigenvalue weighted by atomic mass is 9.99. The molecule has 4 heteroatoms. The fourth-order valence-corrected chi connectivity index (χ4v) is 3.23. The molecule has 0 aliphatic carbocycles. The maximum Gasteiger partial charge on any atom is 0.187 e. The number of halogens is 3. The summed E-state index contributed by atoms with van der Waals surface area (Å²) in [6.45, 7) is 0. The largest absolute Gasteiger partial charge is 0.292 e. The number of benzene rings is 3. The van der Waals surface area contributed by atoms with Crippen LogP contribution in [0.5, 0.6) is 0 Å². The van der Waals surface area contributed by atoms with Crippen LogP contribution in [0.4, 0.5) is 0 Å². The van der Waals surface area contributed by atoms with Crippen molar-refractivity contribution in [3.8, 4) is 0 Å². The zero-order valence-electron chi connectivity index (χ0n) is 10.2. The summed E-state index contributed by atoms with van der Waals surface area (Å²) < 4.78 is 0.724. The smallest absolute Gasteiger partial charge is 0.187 e. The molecular weight excluding hydrogens is 448 g/mol. The number of carbonyl (C=O) groups is 1. The first kappa shape index (κ1) is 14.2. The van der Waals surface area contributed by atoms with Crippen molar-refractivity contribution in [2.24, 2.45) is 0 Å². The second kappa shape index (κ2) is 5.58. The second-order valence-electron chi connectivity index (χ2n) is 4.53. The molecule has 3 rings (SSSR count). The van der Waals surface area contributed by atoms with E-state index in [4.69, 9.17) is 0 Å². The summed E-state index contributed by atoms with van der Waals surface area (Å²) in [5.41, 5.74) is 0.702. The summed E-state index contributed by atoms with van der Waals surface area (Å²) in [5, 5.41) is 4.61. The Labute approximate surface area is 141 Å². The number of hydrogen-bond acceptors (Lipinski definition) is 1. The minimum Gasteiger partial charge on any atom is -0.292 e. The average Bonchev–Trinajstić information content (AvgIpc) is 2.45. The van der Waals surface area contributed by atoms with Gasteiger partial charge in [0.15, 0.2) is 5.78 Å². The second-order valence-corrected chi connectivity index (χ2v) is 8.51. The Hall–Kier alpha value is -0.710. The fourth-order valence-electron chi connectivity index (χ4n) is 2.32. The van der Waals surface area contributed by atoms with Gasteiger partial charge < -0.3 is 0 Å². The standard InChI is InChI=1S/C16H9Br3O/c17-12-4-6-14-10(8-12)2-1-9-7-11(3-5-13(9)14)15(20)16(18)19/h1-8,16H. The number of carbonyl (C=O) groups excluding carboxylic acids is 1. The first-order chi connectivity index (χ1) is 9.56. The third-order valence-corrected chi connectivity index (χ3v) is 4.61. The summed E-state index contributed by atoms with van der Waals surface area (Å²) in [6.07, 6.45) is 0. The summed E-state index contributed by atoms with van der Waals surface area (Å²) >= 11 is 9.99. The topological polar surface area (TPSA) is 17.1 Å². The quantitative estimate of drug-likeness (QED) is 0.260. The van der Waals surface area contributed by atoms with E-state index in [1.165, 1.54) is 10.8 Å². The molecule has 0 N–H and O–H groups in total.